The molecule has 2 heterocycles. The van der Waals surface area contributed by atoms with E-state index in [0.29, 0.717) is 17.7 Å². The Bertz CT molecular complexity index is 982. The number of amides is 2. The quantitative estimate of drug-likeness (QED) is 0.737. The Hall–Kier alpha value is -2.30. The summed E-state index contributed by atoms with van der Waals surface area (Å²) in [5, 5.41) is 6.11. The van der Waals surface area contributed by atoms with Crippen molar-refractivity contribution in [3.05, 3.63) is 35.2 Å². The number of nitrogens with one attached hydrogen (secondary N) is 2. The lowest BCUT2D eigenvalue weighted by Gasteiger charge is -2.17. The molecule has 0 bridgehead atoms. The molecule has 0 radical (unpaired) electrons. The zero-order valence-electron chi connectivity index (χ0n) is 15.3. The number of carbonyl (C=O) groups excluding carboxylic acids is 3. The van der Waals surface area contributed by atoms with E-state index in [0.717, 1.165) is 20.6 Å². The zero-order chi connectivity index (χ0) is 20.3. The molecule has 1 aromatic heterocycles. The van der Waals surface area contributed by atoms with E-state index >= 15 is 0 Å². The van der Waals surface area contributed by atoms with Gasteiger partial charge >= 0.3 is 0 Å². The molecule has 1 saturated heterocycles. The Morgan fingerprint density at radius 2 is 2.04 bits per heavy atom. The van der Waals surface area contributed by atoms with Gasteiger partial charge < -0.3 is 10.6 Å². The Morgan fingerprint density at radius 3 is 2.75 bits per heavy atom. The van der Waals surface area contributed by atoms with Crippen LogP contribution in [0.1, 0.15) is 22.5 Å². The van der Waals surface area contributed by atoms with Crippen molar-refractivity contribution in [2.75, 3.05) is 25.9 Å². The summed E-state index contributed by atoms with van der Waals surface area (Å²) >= 11 is 1.34. The minimum atomic E-state index is -3.45. The van der Waals surface area contributed by atoms with Crippen LogP contribution in [0.4, 0.5) is 0 Å². The third-order valence-electron chi connectivity index (χ3n) is 4.48. The van der Waals surface area contributed by atoms with Gasteiger partial charge in [0, 0.05) is 11.2 Å². The maximum atomic E-state index is 12.3. The first-order valence-electron chi connectivity index (χ1n) is 8.78. The molecule has 0 spiro atoms. The van der Waals surface area contributed by atoms with Gasteiger partial charge in [0.2, 0.25) is 15.9 Å². The van der Waals surface area contributed by atoms with Gasteiger partial charge in [0.15, 0.2) is 5.78 Å². The number of nitrogens with zero attached hydrogens (tertiary/aromatic N) is 1. The lowest BCUT2D eigenvalue weighted by Crippen LogP contribution is -2.47. The lowest BCUT2D eigenvalue weighted by atomic mass is 10.1. The topological polar surface area (TPSA) is 113 Å². The molecule has 1 aromatic carbocycles. The largest absolute Gasteiger partial charge is 0.345 e. The third-order valence-corrected chi connectivity index (χ3v) is 6.85. The fourth-order valence-corrected chi connectivity index (χ4v) is 4.82. The molecule has 1 fully saturated rings. The average Bonchev–Trinajstić information content (AvgIpc) is 2.98. The fraction of sp³-hybridized carbons (Fsp3) is 0.389. The van der Waals surface area contributed by atoms with E-state index in [2.05, 4.69) is 10.6 Å². The number of benzene rings is 1. The summed E-state index contributed by atoms with van der Waals surface area (Å²) in [6.07, 6.45) is 1.89. The van der Waals surface area contributed by atoms with Gasteiger partial charge in [-0.2, -0.15) is 4.31 Å². The molecule has 2 aromatic rings. The van der Waals surface area contributed by atoms with Crippen molar-refractivity contribution in [1.29, 1.82) is 0 Å². The van der Waals surface area contributed by atoms with Gasteiger partial charge in [0.05, 0.1) is 30.3 Å². The molecule has 1 aliphatic heterocycles. The second-order valence-electron chi connectivity index (χ2n) is 6.66. The maximum Gasteiger partial charge on any atom is 0.261 e. The number of ketones is 1. The Balaban J connectivity index is 1.53. The molecular formula is C18H21N3O5S2. The van der Waals surface area contributed by atoms with Crippen molar-refractivity contribution < 1.29 is 22.8 Å². The van der Waals surface area contributed by atoms with Gasteiger partial charge in [-0.05, 0) is 30.4 Å². The number of carbonyl (C=O) groups is 3. The number of thiophene rings is 1. The summed E-state index contributed by atoms with van der Waals surface area (Å²) in [4.78, 5) is 37.2. The van der Waals surface area contributed by atoms with Gasteiger partial charge in [-0.25, -0.2) is 8.42 Å². The van der Waals surface area contributed by atoms with Gasteiger partial charge in [-0.3, -0.25) is 14.4 Å². The minimum absolute atomic E-state index is 0.250. The molecule has 8 nitrogen and oxygen atoms in total. The second-order valence-corrected chi connectivity index (χ2v) is 9.72. The molecule has 28 heavy (non-hydrogen) atoms. The van der Waals surface area contributed by atoms with E-state index < -0.39 is 22.0 Å². The predicted octanol–water partition coefficient (Wildman–Crippen LogP) is 0.740. The van der Waals surface area contributed by atoms with Crippen LogP contribution in [0.3, 0.4) is 0 Å². The number of hydrogen-bond donors (Lipinski definition) is 2. The van der Waals surface area contributed by atoms with Crippen LogP contribution in [0.15, 0.2) is 30.3 Å². The van der Waals surface area contributed by atoms with Crippen LogP contribution >= 0.6 is 11.3 Å². The van der Waals surface area contributed by atoms with Crippen molar-refractivity contribution >= 4 is 49.0 Å². The van der Waals surface area contributed by atoms with E-state index in [9.17, 15) is 22.8 Å². The van der Waals surface area contributed by atoms with E-state index in [1.807, 2.05) is 24.3 Å². The fourth-order valence-electron chi connectivity index (χ4n) is 3.02. The Labute approximate surface area is 167 Å². The van der Waals surface area contributed by atoms with Gasteiger partial charge in [0.25, 0.3) is 5.91 Å². The summed E-state index contributed by atoms with van der Waals surface area (Å²) in [6, 6.07) is 8.62. The highest BCUT2D eigenvalue weighted by Gasteiger charge is 2.29. The van der Waals surface area contributed by atoms with Crippen molar-refractivity contribution in [2.24, 2.45) is 0 Å². The first-order valence-corrected chi connectivity index (χ1v) is 11.4. The number of hydrogen-bond acceptors (Lipinski definition) is 6. The lowest BCUT2D eigenvalue weighted by molar-refractivity contribution is -0.127. The Morgan fingerprint density at radius 1 is 1.29 bits per heavy atom. The number of fused-ring (bicyclic) bond motifs is 1. The van der Waals surface area contributed by atoms with Crippen LogP contribution < -0.4 is 10.6 Å². The number of rotatable bonds is 5. The maximum absolute atomic E-state index is 12.3. The molecule has 10 heteroatoms. The third kappa shape index (κ3) is 4.94. The summed E-state index contributed by atoms with van der Waals surface area (Å²) in [5.41, 5.74) is 0. The number of sulfonamides is 1. The highest BCUT2D eigenvalue weighted by atomic mass is 32.2. The smallest absolute Gasteiger partial charge is 0.261 e. The van der Waals surface area contributed by atoms with Gasteiger partial charge in [-0.1, -0.05) is 18.2 Å². The van der Waals surface area contributed by atoms with E-state index in [-0.39, 0.29) is 31.3 Å². The van der Waals surface area contributed by atoms with Gasteiger partial charge in [0.1, 0.15) is 0 Å². The monoisotopic (exact) mass is 423 g/mol. The summed E-state index contributed by atoms with van der Waals surface area (Å²) in [6.45, 7) is -0.260. The second kappa shape index (κ2) is 8.38. The first kappa shape index (κ1) is 20.4. The molecule has 2 N–H and O–H groups in total. The highest BCUT2D eigenvalue weighted by molar-refractivity contribution is 7.88. The molecule has 2 amide bonds. The molecule has 0 saturated carbocycles. The van der Waals surface area contributed by atoms with Crippen molar-refractivity contribution in [3.63, 3.8) is 0 Å². The molecule has 3 rings (SSSR count). The van der Waals surface area contributed by atoms with E-state index in [1.165, 1.54) is 11.3 Å². The van der Waals surface area contributed by atoms with Crippen LogP contribution in [0.5, 0.6) is 0 Å². The van der Waals surface area contributed by atoms with Crippen molar-refractivity contribution in [3.8, 4) is 0 Å². The molecule has 150 valence electrons. The molecule has 0 unspecified atom stereocenters. The number of Topliss-reactive ketones (excluding diaryl/α,β-unsaturated/α-hetero) is 1. The predicted molar refractivity (Wildman–Crippen MR) is 107 cm³/mol. The zero-order valence-corrected chi connectivity index (χ0v) is 16.9. The first-order chi connectivity index (χ1) is 13.2. The van der Waals surface area contributed by atoms with E-state index in [1.54, 1.807) is 6.07 Å². The molecular weight excluding hydrogens is 402 g/mol. The van der Waals surface area contributed by atoms with Crippen LogP contribution in [0, 0.1) is 0 Å². The standard InChI is InChI=1S/C18H21N3O5S2/c1-28(25,26)21-8-4-6-13(14(22)11-21)20-17(23)10-19-18(24)16-9-12-5-2-3-7-15(12)27-16/h2-3,5,7,9,13H,4,6,8,10-11H2,1H3,(H,19,24)(H,20,23)/t13-/m1/s1. The van der Waals surface area contributed by atoms with Crippen LogP contribution in [-0.2, 0) is 19.6 Å². The molecule has 0 aliphatic carbocycles. The highest BCUT2D eigenvalue weighted by Crippen LogP contribution is 2.24. The van der Waals surface area contributed by atoms with Crippen LogP contribution in [-0.4, -0.2) is 62.3 Å². The summed E-state index contributed by atoms with van der Waals surface area (Å²) in [5.74, 6) is -1.19. The van der Waals surface area contributed by atoms with Crippen molar-refractivity contribution in [1.82, 2.24) is 14.9 Å². The SMILES string of the molecule is CS(=O)(=O)N1CCC[C@@H](NC(=O)CNC(=O)c2cc3ccccc3s2)C(=O)C1. The van der Waals surface area contributed by atoms with Crippen LogP contribution in [0.25, 0.3) is 10.1 Å². The molecule has 1 atom stereocenters. The van der Waals surface area contributed by atoms with E-state index in [4.69, 9.17) is 0 Å². The van der Waals surface area contributed by atoms with Crippen LogP contribution in [0.2, 0.25) is 0 Å². The van der Waals surface area contributed by atoms with Crippen molar-refractivity contribution in [2.45, 2.75) is 18.9 Å². The minimum Gasteiger partial charge on any atom is -0.345 e. The average molecular weight is 424 g/mol. The summed E-state index contributed by atoms with van der Waals surface area (Å²) in [7, 11) is -3.45. The Kier molecular flexibility index (Phi) is 6.11. The summed E-state index contributed by atoms with van der Waals surface area (Å²) < 4.78 is 25.4. The van der Waals surface area contributed by atoms with Gasteiger partial charge in [-0.15, -0.1) is 11.3 Å². The normalized spacial score (nSPS) is 18.6. The molecule has 1 aliphatic rings.